The van der Waals surface area contributed by atoms with E-state index in [1.54, 1.807) is 26.0 Å². The normalized spacial score (nSPS) is 24.0. The number of Topliss-reactive ketones (excluding diaryl/α,β-unsaturated/α-hetero) is 2. The van der Waals surface area contributed by atoms with E-state index >= 15 is 0 Å². The number of hydrogen-bond donors (Lipinski definition) is 0. The molecule has 2 aromatic carbocycles. The number of rotatable bonds is 4. The lowest BCUT2D eigenvalue weighted by Crippen LogP contribution is -2.54. The lowest BCUT2D eigenvalue weighted by molar-refractivity contribution is -0.187. The van der Waals surface area contributed by atoms with Crippen molar-refractivity contribution in [3.05, 3.63) is 69.9 Å². The van der Waals surface area contributed by atoms with Gasteiger partial charge in [-0.1, -0.05) is 28.1 Å². The third kappa shape index (κ3) is 3.53. The molecule has 146 valence electrons. The van der Waals surface area contributed by atoms with Crippen LogP contribution < -0.4 is 0 Å². The van der Waals surface area contributed by atoms with Crippen LogP contribution >= 0.6 is 15.9 Å². The fraction of sp³-hybridized carbons (Fsp3) is 0.318. The molecule has 0 amide bonds. The molecule has 3 rings (SSSR count). The highest BCUT2D eigenvalue weighted by Crippen LogP contribution is 2.49. The molecule has 0 aromatic heterocycles. The van der Waals surface area contributed by atoms with Crippen LogP contribution in [0.2, 0.25) is 0 Å². The molecule has 4 nitrogen and oxygen atoms in total. The first-order valence-corrected chi connectivity index (χ1v) is 9.65. The second-order valence-corrected chi connectivity index (χ2v) is 8.74. The van der Waals surface area contributed by atoms with Crippen LogP contribution in [0.5, 0.6) is 0 Å². The summed E-state index contributed by atoms with van der Waals surface area (Å²) in [6.45, 7) is 4.88. The van der Waals surface area contributed by atoms with Crippen LogP contribution in [0.4, 0.5) is 4.39 Å². The molecule has 28 heavy (non-hydrogen) atoms. The number of ether oxygens (including phenoxy) is 1. The Labute approximate surface area is 171 Å². The highest BCUT2D eigenvalue weighted by Gasteiger charge is 2.58. The van der Waals surface area contributed by atoms with Crippen molar-refractivity contribution in [2.45, 2.75) is 33.3 Å². The molecule has 1 saturated heterocycles. The summed E-state index contributed by atoms with van der Waals surface area (Å²) in [5.74, 6) is -1.94. The predicted molar refractivity (Wildman–Crippen MR) is 105 cm³/mol. The molecule has 0 saturated carbocycles. The summed E-state index contributed by atoms with van der Waals surface area (Å²) in [6, 6.07) is 12.2. The van der Waals surface area contributed by atoms with Gasteiger partial charge in [-0.25, -0.2) is 4.39 Å². The fourth-order valence-electron chi connectivity index (χ4n) is 3.64. The van der Waals surface area contributed by atoms with Crippen molar-refractivity contribution in [2.75, 3.05) is 0 Å². The molecule has 1 aliphatic rings. The molecule has 6 heteroatoms. The average molecular weight is 447 g/mol. The molecule has 0 spiro atoms. The van der Waals surface area contributed by atoms with Crippen LogP contribution in [0.15, 0.2) is 53.0 Å². The minimum absolute atomic E-state index is 0.246. The summed E-state index contributed by atoms with van der Waals surface area (Å²) >= 11 is 3.36. The number of carbonyl (C=O) groups is 3. The molecule has 0 bridgehead atoms. The fourth-order valence-corrected chi connectivity index (χ4v) is 3.91. The standard InChI is InChI=1S/C22H20BrFO4/c1-21(2)18(14-4-8-15(23)9-5-14)28-20(27)22(3,19(21)26)12-17(25)13-6-10-16(24)11-7-13/h4-11,18H,12H2,1-3H3. The Morgan fingerprint density at radius 3 is 2.18 bits per heavy atom. The van der Waals surface area contributed by atoms with Gasteiger partial charge in [-0.15, -0.1) is 0 Å². The summed E-state index contributed by atoms with van der Waals surface area (Å²) < 4.78 is 19.7. The summed E-state index contributed by atoms with van der Waals surface area (Å²) in [4.78, 5) is 38.8. The van der Waals surface area contributed by atoms with Gasteiger partial charge in [0, 0.05) is 16.5 Å². The summed E-state index contributed by atoms with van der Waals surface area (Å²) in [5, 5.41) is 0. The topological polar surface area (TPSA) is 60.4 Å². The van der Waals surface area contributed by atoms with Gasteiger partial charge in [0.25, 0.3) is 0 Å². The third-order valence-corrected chi connectivity index (χ3v) is 5.80. The largest absolute Gasteiger partial charge is 0.456 e. The number of carbonyl (C=O) groups excluding carboxylic acids is 3. The summed E-state index contributed by atoms with van der Waals surface area (Å²) in [5.41, 5.74) is -1.65. The average Bonchev–Trinajstić information content (AvgIpc) is 2.65. The molecule has 0 aliphatic carbocycles. The van der Waals surface area contributed by atoms with Gasteiger partial charge in [0.15, 0.2) is 11.6 Å². The highest BCUT2D eigenvalue weighted by atomic mass is 79.9. The van der Waals surface area contributed by atoms with E-state index in [-0.39, 0.29) is 17.8 Å². The van der Waals surface area contributed by atoms with Gasteiger partial charge < -0.3 is 4.74 Å². The van der Waals surface area contributed by atoms with Crippen LogP contribution in [-0.4, -0.2) is 17.5 Å². The Hall–Kier alpha value is -2.34. The summed E-state index contributed by atoms with van der Waals surface area (Å²) in [6.07, 6.45) is -1.07. The number of hydrogen-bond acceptors (Lipinski definition) is 4. The van der Waals surface area contributed by atoms with Crippen LogP contribution in [0, 0.1) is 16.6 Å². The van der Waals surface area contributed by atoms with Crippen molar-refractivity contribution in [3.63, 3.8) is 0 Å². The minimum Gasteiger partial charge on any atom is -0.456 e. The van der Waals surface area contributed by atoms with E-state index in [1.807, 2.05) is 12.1 Å². The van der Waals surface area contributed by atoms with E-state index in [1.165, 1.54) is 31.2 Å². The van der Waals surface area contributed by atoms with Gasteiger partial charge in [-0.2, -0.15) is 0 Å². The number of halogens is 2. The van der Waals surface area contributed by atoms with E-state index in [2.05, 4.69) is 15.9 Å². The van der Waals surface area contributed by atoms with Gasteiger partial charge >= 0.3 is 5.97 Å². The van der Waals surface area contributed by atoms with E-state index < -0.39 is 34.5 Å². The SMILES string of the molecule is CC1(CC(=O)c2ccc(F)cc2)C(=O)OC(c2ccc(Br)cc2)C(C)(C)C1=O. The van der Waals surface area contributed by atoms with E-state index in [0.29, 0.717) is 5.56 Å². The lowest BCUT2D eigenvalue weighted by atomic mass is 9.64. The molecular formula is C22H20BrFO4. The Morgan fingerprint density at radius 2 is 1.61 bits per heavy atom. The minimum atomic E-state index is -1.60. The van der Waals surface area contributed by atoms with Gasteiger partial charge in [0.1, 0.15) is 17.3 Å². The maximum absolute atomic E-state index is 13.3. The number of esters is 1. The first kappa shape index (κ1) is 20.4. The van der Waals surface area contributed by atoms with Gasteiger partial charge in [0.2, 0.25) is 0 Å². The quantitative estimate of drug-likeness (QED) is 0.374. The Bertz CT molecular complexity index is 934. The molecule has 2 aromatic rings. The van der Waals surface area contributed by atoms with E-state index in [0.717, 1.165) is 4.47 Å². The van der Waals surface area contributed by atoms with Gasteiger partial charge in [-0.05, 0) is 62.7 Å². The van der Waals surface area contributed by atoms with E-state index in [4.69, 9.17) is 4.74 Å². The Morgan fingerprint density at radius 1 is 1.04 bits per heavy atom. The monoisotopic (exact) mass is 446 g/mol. The molecular weight excluding hydrogens is 427 g/mol. The first-order chi connectivity index (χ1) is 13.1. The van der Waals surface area contributed by atoms with Crippen molar-refractivity contribution in [3.8, 4) is 0 Å². The Balaban J connectivity index is 1.90. The predicted octanol–water partition coefficient (Wildman–Crippen LogP) is 5.06. The molecule has 2 atom stereocenters. The van der Waals surface area contributed by atoms with Crippen LogP contribution in [0.3, 0.4) is 0 Å². The number of benzene rings is 2. The number of cyclic esters (lactones) is 1. The molecule has 0 radical (unpaired) electrons. The smallest absolute Gasteiger partial charge is 0.320 e. The molecule has 1 aliphatic heterocycles. The lowest BCUT2D eigenvalue weighted by Gasteiger charge is -2.44. The summed E-state index contributed by atoms with van der Waals surface area (Å²) in [7, 11) is 0. The van der Waals surface area contributed by atoms with Crippen LogP contribution in [0.1, 0.15) is 49.2 Å². The molecule has 1 heterocycles. The van der Waals surface area contributed by atoms with Crippen molar-refractivity contribution in [2.24, 2.45) is 10.8 Å². The second kappa shape index (κ2) is 7.24. The van der Waals surface area contributed by atoms with Crippen molar-refractivity contribution in [1.82, 2.24) is 0 Å². The van der Waals surface area contributed by atoms with Gasteiger partial charge in [-0.3, -0.25) is 14.4 Å². The number of ketones is 2. The zero-order chi connectivity index (χ0) is 20.7. The second-order valence-electron chi connectivity index (χ2n) is 7.83. The van der Waals surface area contributed by atoms with E-state index in [9.17, 15) is 18.8 Å². The van der Waals surface area contributed by atoms with Crippen molar-refractivity contribution in [1.29, 1.82) is 0 Å². The molecule has 2 unspecified atom stereocenters. The maximum atomic E-state index is 13.3. The first-order valence-electron chi connectivity index (χ1n) is 8.86. The molecule has 1 fully saturated rings. The maximum Gasteiger partial charge on any atom is 0.320 e. The zero-order valence-corrected chi connectivity index (χ0v) is 17.4. The Kier molecular flexibility index (Phi) is 5.28. The zero-order valence-electron chi connectivity index (χ0n) is 15.8. The van der Waals surface area contributed by atoms with Crippen LogP contribution in [-0.2, 0) is 14.3 Å². The van der Waals surface area contributed by atoms with Crippen molar-refractivity contribution < 1.29 is 23.5 Å². The van der Waals surface area contributed by atoms with Gasteiger partial charge in [0.05, 0.1) is 5.41 Å². The molecule has 0 N–H and O–H groups in total. The van der Waals surface area contributed by atoms with Crippen LogP contribution in [0.25, 0.3) is 0 Å². The van der Waals surface area contributed by atoms with Crippen molar-refractivity contribution >= 4 is 33.5 Å². The third-order valence-electron chi connectivity index (χ3n) is 5.27. The highest BCUT2D eigenvalue weighted by molar-refractivity contribution is 9.10.